The number of rotatable bonds is 3. The zero-order chi connectivity index (χ0) is 11.7. The number of nitrogens with zero attached hydrogens (tertiary/aromatic N) is 4. The van der Waals surface area contributed by atoms with Gasteiger partial charge in [0.25, 0.3) is 0 Å². The fourth-order valence-electron chi connectivity index (χ4n) is 1.66. The number of hydrogen-bond donors (Lipinski definition) is 1. The van der Waals surface area contributed by atoms with Crippen LogP contribution < -0.4 is 5.73 Å². The molecular weight excluding hydrogens is 270 g/mol. The molecule has 0 aromatic carbocycles. The van der Waals surface area contributed by atoms with Gasteiger partial charge in [-0.2, -0.15) is 0 Å². The fraction of sp³-hybridized carbons (Fsp3) is 0.500. The van der Waals surface area contributed by atoms with E-state index >= 15 is 0 Å². The number of anilines is 1. The number of halogens is 1. The van der Waals surface area contributed by atoms with Gasteiger partial charge in [0.2, 0.25) is 0 Å². The van der Waals surface area contributed by atoms with Gasteiger partial charge < -0.3 is 10.3 Å². The summed E-state index contributed by atoms with van der Waals surface area (Å²) in [5.41, 5.74) is 7.36. The van der Waals surface area contributed by atoms with Crippen LogP contribution in [0.25, 0.3) is 11.2 Å². The molecule has 5 nitrogen and oxygen atoms in total. The zero-order valence-electron chi connectivity index (χ0n) is 9.37. The van der Waals surface area contributed by atoms with Gasteiger partial charge >= 0.3 is 0 Å². The van der Waals surface area contributed by atoms with Crippen molar-refractivity contribution in [2.45, 2.75) is 33.2 Å². The third-order valence-electron chi connectivity index (χ3n) is 2.41. The van der Waals surface area contributed by atoms with Crippen LogP contribution in [-0.2, 0) is 13.0 Å². The minimum Gasteiger partial charge on any atom is -0.382 e. The van der Waals surface area contributed by atoms with Crippen LogP contribution in [0, 0.1) is 0 Å². The highest BCUT2D eigenvalue weighted by molar-refractivity contribution is 9.10. The highest BCUT2D eigenvalue weighted by Crippen LogP contribution is 2.22. The van der Waals surface area contributed by atoms with Gasteiger partial charge in [0.15, 0.2) is 21.7 Å². The minimum atomic E-state index is 0.460. The lowest BCUT2D eigenvalue weighted by Crippen LogP contribution is -2.03. The monoisotopic (exact) mass is 283 g/mol. The van der Waals surface area contributed by atoms with E-state index in [0.717, 1.165) is 35.6 Å². The van der Waals surface area contributed by atoms with Gasteiger partial charge in [0.1, 0.15) is 5.82 Å². The second kappa shape index (κ2) is 4.37. The minimum absolute atomic E-state index is 0.460. The Morgan fingerprint density at radius 2 is 2.00 bits per heavy atom. The van der Waals surface area contributed by atoms with Crippen molar-refractivity contribution in [2.24, 2.45) is 0 Å². The van der Waals surface area contributed by atoms with E-state index in [1.807, 2.05) is 11.5 Å². The van der Waals surface area contributed by atoms with E-state index in [-0.39, 0.29) is 0 Å². The number of aromatic nitrogens is 4. The SMILES string of the molecule is CCCc1nc(N)c2nc(Br)n(CC)c2n1. The summed E-state index contributed by atoms with van der Waals surface area (Å²) in [4.78, 5) is 13.1. The predicted octanol–water partition coefficient (Wildman–Crippen LogP) is 2.14. The first-order chi connectivity index (χ1) is 7.67. The third-order valence-corrected chi connectivity index (χ3v) is 3.02. The van der Waals surface area contributed by atoms with Crippen molar-refractivity contribution < 1.29 is 0 Å². The van der Waals surface area contributed by atoms with Crippen LogP contribution in [0.3, 0.4) is 0 Å². The highest BCUT2D eigenvalue weighted by atomic mass is 79.9. The average Bonchev–Trinajstić information content (AvgIpc) is 2.55. The first-order valence-electron chi connectivity index (χ1n) is 5.35. The van der Waals surface area contributed by atoms with Crippen LogP contribution in [0.5, 0.6) is 0 Å². The molecule has 0 spiro atoms. The first kappa shape index (κ1) is 11.3. The second-order valence-corrected chi connectivity index (χ2v) is 4.28. The maximum absolute atomic E-state index is 5.88. The fourth-order valence-corrected chi connectivity index (χ4v) is 2.25. The van der Waals surface area contributed by atoms with E-state index in [9.17, 15) is 0 Å². The Morgan fingerprint density at radius 1 is 1.25 bits per heavy atom. The third kappa shape index (κ3) is 1.77. The molecular formula is C10H14BrN5. The number of nitrogen functional groups attached to an aromatic ring is 1. The van der Waals surface area contributed by atoms with Crippen molar-refractivity contribution in [3.05, 3.63) is 10.6 Å². The molecule has 0 saturated heterocycles. The van der Waals surface area contributed by atoms with Crippen LogP contribution >= 0.6 is 15.9 Å². The molecule has 0 aliphatic rings. The van der Waals surface area contributed by atoms with Crippen molar-refractivity contribution in [1.82, 2.24) is 19.5 Å². The maximum atomic E-state index is 5.88. The predicted molar refractivity (Wildman–Crippen MR) is 67.1 cm³/mol. The number of fused-ring (bicyclic) bond motifs is 1. The van der Waals surface area contributed by atoms with E-state index in [2.05, 4.69) is 37.8 Å². The molecule has 2 aromatic rings. The van der Waals surface area contributed by atoms with Gasteiger partial charge in [-0.25, -0.2) is 15.0 Å². The van der Waals surface area contributed by atoms with Gasteiger partial charge in [-0.1, -0.05) is 6.92 Å². The van der Waals surface area contributed by atoms with E-state index in [4.69, 9.17) is 5.73 Å². The lowest BCUT2D eigenvalue weighted by atomic mass is 10.3. The van der Waals surface area contributed by atoms with Crippen molar-refractivity contribution in [1.29, 1.82) is 0 Å². The number of imidazole rings is 1. The Labute approximate surface area is 102 Å². The van der Waals surface area contributed by atoms with Gasteiger partial charge in [-0.3, -0.25) is 0 Å². The summed E-state index contributed by atoms with van der Waals surface area (Å²) in [6.07, 6.45) is 1.85. The van der Waals surface area contributed by atoms with Crippen LogP contribution in [0.2, 0.25) is 0 Å². The molecule has 0 atom stereocenters. The molecule has 0 unspecified atom stereocenters. The molecule has 86 valence electrons. The summed E-state index contributed by atoms with van der Waals surface area (Å²) < 4.78 is 2.73. The number of aryl methyl sites for hydroxylation is 2. The molecule has 2 rings (SSSR count). The Balaban J connectivity index is 2.68. The zero-order valence-corrected chi connectivity index (χ0v) is 11.0. The number of hydrogen-bond acceptors (Lipinski definition) is 4. The molecule has 6 heteroatoms. The van der Waals surface area contributed by atoms with Crippen LogP contribution in [-0.4, -0.2) is 19.5 Å². The molecule has 0 fully saturated rings. The molecule has 0 aliphatic heterocycles. The van der Waals surface area contributed by atoms with Gasteiger partial charge in [0.05, 0.1) is 0 Å². The smallest absolute Gasteiger partial charge is 0.179 e. The first-order valence-corrected chi connectivity index (χ1v) is 6.14. The molecule has 16 heavy (non-hydrogen) atoms. The Hall–Kier alpha value is -1.17. The summed E-state index contributed by atoms with van der Waals surface area (Å²) in [6.45, 7) is 4.94. The van der Waals surface area contributed by atoms with E-state index < -0.39 is 0 Å². The van der Waals surface area contributed by atoms with Crippen LogP contribution in [0.4, 0.5) is 5.82 Å². The number of nitrogens with two attached hydrogens (primary N) is 1. The van der Waals surface area contributed by atoms with Crippen LogP contribution in [0.15, 0.2) is 4.73 Å². The molecule has 0 aliphatic carbocycles. The molecule has 0 bridgehead atoms. The van der Waals surface area contributed by atoms with E-state index in [1.165, 1.54) is 0 Å². The summed E-state index contributed by atoms with van der Waals surface area (Å²) in [5.74, 6) is 1.25. The lowest BCUT2D eigenvalue weighted by Gasteiger charge is -2.03. The van der Waals surface area contributed by atoms with Gasteiger partial charge in [-0.15, -0.1) is 0 Å². The molecule has 0 radical (unpaired) electrons. The largest absolute Gasteiger partial charge is 0.382 e. The summed E-state index contributed by atoms with van der Waals surface area (Å²) in [7, 11) is 0. The average molecular weight is 284 g/mol. The van der Waals surface area contributed by atoms with Crippen molar-refractivity contribution in [2.75, 3.05) is 5.73 Å². The van der Waals surface area contributed by atoms with Crippen molar-refractivity contribution in [3.63, 3.8) is 0 Å². The maximum Gasteiger partial charge on any atom is 0.179 e. The molecule has 0 amide bonds. The normalized spacial score (nSPS) is 11.2. The summed E-state index contributed by atoms with van der Waals surface area (Å²) in [6, 6.07) is 0. The van der Waals surface area contributed by atoms with Crippen molar-refractivity contribution in [3.8, 4) is 0 Å². The Morgan fingerprint density at radius 3 is 2.62 bits per heavy atom. The van der Waals surface area contributed by atoms with Crippen LogP contribution in [0.1, 0.15) is 26.1 Å². The second-order valence-electron chi connectivity index (χ2n) is 3.57. The van der Waals surface area contributed by atoms with Gasteiger partial charge in [-0.05, 0) is 29.3 Å². The molecule has 2 heterocycles. The quantitative estimate of drug-likeness (QED) is 0.877. The van der Waals surface area contributed by atoms with Gasteiger partial charge in [0, 0.05) is 13.0 Å². The Kier molecular flexibility index (Phi) is 3.09. The van der Waals surface area contributed by atoms with E-state index in [0.29, 0.717) is 11.3 Å². The lowest BCUT2D eigenvalue weighted by molar-refractivity contribution is 0.749. The summed E-state index contributed by atoms with van der Waals surface area (Å²) >= 11 is 3.40. The standard InChI is InChI=1S/C10H14BrN5/c1-3-5-6-13-8(12)7-9(14-6)16(4-2)10(11)15-7/h3-5H2,1-2H3,(H2,12,13,14). The molecule has 2 N–H and O–H groups in total. The molecule has 0 saturated carbocycles. The topological polar surface area (TPSA) is 69.6 Å². The van der Waals surface area contributed by atoms with E-state index in [1.54, 1.807) is 0 Å². The summed E-state index contributed by atoms with van der Waals surface area (Å²) in [5, 5.41) is 0. The molecule has 2 aromatic heterocycles. The highest BCUT2D eigenvalue weighted by Gasteiger charge is 2.13. The van der Waals surface area contributed by atoms with Crippen molar-refractivity contribution >= 4 is 32.9 Å². The Bertz CT molecular complexity index is 519.